The standard InChI is InChI=1S/C6H11N.C3H8.C2H6/c1-3-4-5-6(2)7;1-3-2;1-2/h4-5H,2-3,7H2,1H3;3H2,1-2H3;1-2H3/b5-4-;;. The van der Waals surface area contributed by atoms with Crippen LogP contribution in [0.5, 0.6) is 0 Å². The maximum absolute atomic E-state index is 5.20. The molecule has 12 heavy (non-hydrogen) atoms. The normalized spacial score (nSPS) is 7.75. The van der Waals surface area contributed by atoms with E-state index in [1.807, 2.05) is 19.9 Å². The third kappa shape index (κ3) is 59.1. The zero-order chi connectivity index (χ0) is 10.4. The third-order valence-corrected chi connectivity index (χ3v) is 0.568. The fourth-order valence-corrected chi connectivity index (χ4v) is 0.269. The minimum atomic E-state index is 0.627. The van der Waals surface area contributed by atoms with E-state index in [4.69, 9.17) is 5.73 Å². The Morgan fingerprint density at radius 3 is 1.67 bits per heavy atom. The van der Waals surface area contributed by atoms with Gasteiger partial charge in [0, 0.05) is 5.70 Å². The molecule has 0 rings (SSSR count). The zero-order valence-electron chi connectivity index (χ0n) is 9.35. The molecule has 0 amide bonds. The van der Waals surface area contributed by atoms with E-state index in [0.717, 1.165) is 6.42 Å². The molecule has 0 fully saturated rings. The van der Waals surface area contributed by atoms with E-state index < -0.39 is 0 Å². The lowest BCUT2D eigenvalue weighted by molar-refractivity contribution is 1.09. The van der Waals surface area contributed by atoms with Crippen molar-refractivity contribution in [2.24, 2.45) is 5.73 Å². The molecule has 1 heteroatoms. The molecular weight excluding hydrogens is 146 g/mol. The van der Waals surface area contributed by atoms with Crippen LogP contribution in [-0.2, 0) is 0 Å². The van der Waals surface area contributed by atoms with E-state index in [-0.39, 0.29) is 0 Å². The summed E-state index contributed by atoms with van der Waals surface area (Å²) in [5.41, 5.74) is 5.82. The van der Waals surface area contributed by atoms with Gasteiger partial charge >= 0.3 is 0 Å². The first kappa shape index (κ1) is 17.4. The fourth-order valence-electron chi connectivity index (χ4n) is 0.269. The van der Waals surface area contributed by atoms with Gasteiger partial charge in [0.25, 0.3) is 0 Å². The molecule has 0 aromatic carbocycles. The van der Waals surface area contributed by atoms with Gasteiger partial charge in [-0.2, -0.15) is 0 Å². The molecule has 0 spiro atoms. The Kier molecular flexibility index (Phi) is 32.5. The summed E-state index contributed by atoms with van der Waals surface area (Å²) < 4.78 is 0. The molecule has 0 aliphatic heterocycles. The number of nitrogens with two attached hydrogens (primary N) is 1. The van der Waals surface area contributed by atoms with Gasteiger partial charge < -0.3 is 5.73 Å². The van der Waals surface area contributed by atoms with Crippen LogP contribution in [0.3, 0.4) is 0 Å². The van der Waals surface area contributed by atoms with Crippen molar-refractivity contribution in [1.29, 1.82) is 0 Å². The molecule has 0 saturated carbocycles. The third-order valence-electron chi connectivity index (χ3n) is 0.568. The maximum atomic E-state index is 5.20. The van der Waals surface area contributed by atoms with Crippen LogP contribution in [0.25, 0.3) is 0 Å². The Morgan fingerprint density at radius 1 is 1.25 bits per heavy atom. The minimum absolute atomic E-state index is 0.627. The molecule has 2 N–H and O–H groups in total. The highest BCUT2D eigenvalue weighted by atomic mass is 14.5. The van der Waals surface area contributed by atoms with Crippen molar-refractivity contribution < 1.29 is 0 Å². The average Bonchev–Trinajstić information content (AvgIpc) is 2.06. The quantitative estimate of drug-likeness (QED) is 0.627. The maximum Gasteiger partial charge on any atom is 0.0237 e. The summed E-state index contributed by atoms with van der Waals surface area (Å²) in [5.74, 6) is 0. The highest BCUT2D eigenvalue weighted by Crippen LogP contribution is 1.82. The first-order valence-electron chi connectivity index (χ1n) is 4.79. The van der Waals surface area contributed by atoms with Gasteiger partial charge in [-0.15, -0.1) is 0 Å². The number of rotatable bonds is 2. The topological polar surface area (TPSA) is 26.0 Å². The van der Waals surface area contributed by atoms with Gasteiger partial charge in [0.2, 0.25) is 0 Å². The van der Waals surface area contributed by atoms with E-state index in [2.05, 4.69) is 27.4 Å². The first-order valence-corrected chi connectivity index (χ1v) is 4.79. The summed E-state index contributed by atoms with van der Waals surface area (Å²) in [4.78, 5) is 0. The van der Waals surface area contributed by atoms with Crippen LogP contribution in [0, 0.1) is 0 Å². The van der Waals surface area contributed by atoms with Gasteiger partial charge in [0.05, 0.1) is 0 Å². The second kappa shape index (κ2) is 22.4. The summed E-state index contributed by atoms with van der Waals surface area (Å²) >= 11 is 0. The summed E-state index contributed by atoms with van der Waals surface area (Å²) in [6.45, 7) is 13.8. The van der Waals surface area contributed by atoms with Crippen molar-refractivity contribution in [2.75, 3.05) is 0 Å². The highest BCUT2D eigenvalue weighted by Gasteiger charge is 1.67. The molecule has 1 nitrogen and oxygen atoms in total. The first-order chi connectivity index (χ1) is 5.68. The Morgan fingerprint density at radius 2 is 1.58 bits per heavy atom. The largest absolute Gasteiger partial charge is 0.399 e. The molecule has 0 aromatic rings. The molecule has 0 unspecified atom stereocenters. The van der Waals surface area contributed by atoms with Crippen LogP contribution in [0.2, 0.25) is 0 Å². The predicted molar refractivity (Wildman–Crippen MR) is 60.1 cm³/mol. The number of hydrogen-bond acceptors (Lipinski definition) is 1. The lowest BCUT2D eigenvalue weighted by Gasteiger charge is -1.81. The second-order valence-corrected chi connectivity index (χ2v) is 2.09. The van der Waals surface area contributed by atoms with Crippen molar-refractivity contribution in [3.63, 3.8) is 0 Å². The van der Waals surface area contributed by atoms with Crippen molar-refractivity contribution in [3.05, 3.63) is 24.4 Å². The van der Waals surface area contributed by atoms with Crippen molar-refractivity contribution in [1.82, 2.24) is 0 Å². The summed E-state index contributed by atoms with van der Waals surface area (Å²) in [5, 5.41) is 0. The molecule has 0 aliphatic carbocycles. The Bertz CT molecular complexity index is 93.2. The zero-order valence-corrected chi connectivity index (χ0v) is 9.35. The van der Waals surface area contributed by atoms with Gasteiger partial charge in [0.15, 0.2) is 0 Å². The van der Waals surface area contributed by atoms with Crippen molar-refractivity contribution >= 4 is 0 Å². The van der Waals surface area contributed by atoms with E-state index in [1.54, 1.807) is 6.08 Å². The lowest BCUT2D eigenvalue weighted by atomic mass is 10.4. The number of allylic oxidation sites excluding steroid dienone is 2. The molecule has 0 radical (unpaired) electrons. The molecule has 0 bridgehead atoms. The summed E-state index contributed by atoms with van der Waals surface area (Å²) in [6.07, 6.45) is 6.05. The van der Waals surface area contributed by atoms with E-state index in [9.17, 15) is 0 Å². The molecule has 0 heterocycles. The second-order valence-electron chi connectivity index (χ2n) is 2.09. The van der Waals surface area contributed by atoms with Crippen LogP contribution in [-0.4, -0.2) is 0 Å². The highest BCUT2D eigenvalue weighted by molar-refractivity contribution is 5.08. The minimum Gasteiger partial charge on any atom is -0.399 e. The Hall–Kier alpha value is -0.720. The van der Waals surface area contributed by atoms with Crippen LogP contribution >= 0.6 is 0 Å². The smallest absolute Gasteiger partial charge is 0.0237 e. The summed E-state index contributed by atoms with van der Waals surface area (Å²) in [6, 6.07) is 0. The van der Waals surface area contributed by atoms with Crippen molar-refractivity contribution in [3.8, 4) is 0 Å². The molecule has 0 aliphatic rings. The molecule has 74 valence electrons. The number of hydrogen-bond donors (Lipinski definition) is 1. The van der Waals surface area contributed by atoms with Crippen LogP contribution in [0.1, 0.15) is 47.5 Å². The van der Waals surface area contributed by atoms with Gasteiger partial charge in [-0.05, 0) is 12.5 Å². The van der Waals surface area contributed by atoms with Crippen LogP contribution in [0.15, 0.2) is 24.4 Å². The van der Waals surface area contributed by atoms with E-state index in [0.29, 0.717) is 5.70 Å². The van der Waals surface area contributed by atoms with Gasteiger partial charge in [-0.3, -0.25) is 0 Å². The monoisotopic (exact) mass is 171 g/mol. The molecule has 0 aromatic heterocycles. The molecular formula is C11H25N. The van der Waals surface area contributed by atoms with Gasteiger partial charge in [-0.25, -0.2) is 0 Å². The van der Waals surface area contributed by atoms with Gasteiger partial charge in [-0.1, -0.05) is 53.7 Å². The van der Waals surface area contributed by atoms with Crippen LogP contribution in [0.4, 0.5) is 0 Å². The molecule has 0 saturated heterocycles. The van der Waals surface area contributed by atoms with Crippen molar-refractivity contribution in [2.45, 2.75) is 47.5 Å². The predicted octanol–water partition coefficient (Wildman–Crippen LogP) is 3.87. The van der Waals surface area contributed by atoms with Crippen LogP contribution < -0.4 is 5.73 Å². The lowest BCUT2D eigenvalue weighted by Crippen LogP contribution is -1.87. The summed E-state index contributed by atoms with van der Waals surface area (Å²) in [7, 11) is 0. The SMILES string of the molecule is C=C(N)/C=C\CC.CC.CCC. The average molecular weight is 171 g/mol. The van der Waals surface area contributed by atoms with E-state index in [1.165, 1.54) is 6.42 Å². The Balaban J connectivity index is -0.000000137. The molecule has 0 atom stereocenters. The van der Waals surface area contributed by atoms with E-state index >= 15 is 0 Å². The Labute approximate surface area is 78.4 Å². The van der Waals surface area contributed by atoms with Gasteiger partial charge in [0.1, 0.15) is 0 Å². The fraction of sp³-hybridized carbons (Fsp3) is 0.636.